The number of hydrogen-bond donors (Lipinski definition) is 3. The summed E-state index contributed by atoms with van der Waals surface area (Å²) < 4.78 is 0. The van der Waals surface area contributed by atoms with Crippen LogP contribution in [0, 0.1) is 0 Å². The number of nitrogens with one attached hydrogen (secondary N) is 2. The van der Waals surface area contributed by atoms with Gasteiger partial charge in [0.25, 0.3) is 0 Å². The van der Waals surface area contributed by atoms with Crippen LogP contribution in [-0.2, 0) is 6.42 Å². The molecule has 1 aliphatic rings. The van der Waals surface area contributed by atoms with Gasteiger partial charge in [0.15, 0.2) is 0 Å². The Morgan fingerprint density at radius 1 is 1.10 bits per heavy atom. The molecule has 118 valence electrons. The highest BCUT2D eigenvalue weighted by atomic mass is 16.3. The zero-order chi connectivity index (χ0) is 15.1. The van der Waals surface area contributed by atoms with Crippen LogP contribution >= 0.6 is 0 Å². The van der Waals surface area contributed by atoms with E-state index in [-0.39, 0.29) is 0 Å². The highest BCUT2D eigenvalue weighted by Gasteiger charge is 2.28. The van der Waals surface area contributed by atoms with E-state index < -0.39 is 5.60 Å². The van der Waals surface area contributed by atoms with Crippen molar-refractivity contribution < 1.29 is 5.11 Å². The van der Waals surface area contributed by atoms with E-state index in [9.17, 15) is 5.11 Å². The molecule has 1 heterocycles. The van der Waals surface area contributed by atoms with E-state index in [2.05, 4.69) is 34.4 Å². The fourth-order valence-corrected chi connectivity index (χ4v) is 2.73. The fraction of sp³-hybridized carbons (Fsp3) is 0.750. The lowest BCUT2D eigenvalue weighted by atomic mass is 9.85. The zero-order valence-corrected chi connectivity index (χ0v) is 13.3. The predicted molar refractivity (Wildman–Crippen MR) is 86.7 cm³/mol. The van der Waals surface area contributed by atoms with E-state index in [1.54, 1.807) is 0 Å². The third-order valence-corrected chi connectivity index (χ3v) is 4.03. The van der Waals surface area contributed by atoms with E-state index in [1.165, 1.54) is 6.42 Å². The van der Waals surface area contributed by atoms with Crippen molar-refractivity contribution in [2.24, 2.45) is 0 Å². The number of aromatic nitrogens is 2. The molecule has 2 rings (SSSR count). The number of aryl methyl sites for hydroxylation is 1. The summed E-state index contributed by atoms with van der Waals surface area (Å²) in [6.07, 6.45) is 7.10. The van der Waals surface area contributed by atoms with Crippen LogP contribution in [0.4, 0.5) is 11.6 Å². The van der Waals surface area contributed by atoms with Gasteiger partial charge in [-0.15, -0.1) is 0 Å². The summed E-state index contributed by atoms with van der Waals surface area (Å²) >= 11 is 0. The van der Waals surface area contributed by atoms with Gasteiger partial charge in [-0.25, -0.2) is 9.97 Å². The summed E-state index contributed by atoms with van der Waals surface area (Å²) in [5.74, 6) is 2.50. The molecule has 3 N–H and O–H groups in total. The first-order chi connectivity index (χ1) is 10.1. The minimum absolute atomic E-state index is 0.570. The van der Waals surface area contributed by atoms with Gasteiger partial charge in [-0.3, -0.25) is 0 Å². The smallest absolute Gasteiger partial charge is 0.132 e. The molecule has 1 saturated carbocycles. The van der Waals surface area contributed by atoms with Crippen LogP contribution in [0.2, 0.25) is 0 Å². The molecule has 5 heteroatoms. The number of rotatable bonds is 7. The van der Waals surface area contributed by atoms with Gasteiger partial charge in [-0.2, -0.15) is 0 Å². The summed E-state index contributed by atoms with van der Waals surface area (Å²) in [6.45, 7) is 5.66. The van der Waals surface area contributed by atoms with Gasteiger partial charge in [0, 0.05) is 25.6 Å². The lowest BCUT2D eigenvalue weighted by Gasteiger charge is -2.32. The summed E-state index contributed by atoms with van der Waals surface area (Å²) in [5, 5.41) is 17.2. The second kappa shape index (κ2) is 7.59. The lowest BCUT2D eigenvalue weighted by molar-refractivity contribution is 0.0166. The Bertz CT molecular complexity index is 444. The molecule has 1 fully saturated rings. The maximum absolute atomic E-state index is 10.5. The monoisotopic (exact) mass is 292 g/mol. The first kappa shape index (κ1) is 16.0. The van der Waals surface area contributed by atoms with Crippen LogP contribution < -0.4 is 10.6 Å². The molecule has 1 aromatic heterocycles. The first-order valence-corrected chi connectivity index (χ1v) is 8.23. The molecule has 21 heavy (non-hydrogen) atoms. The second-order valence-corrected chi connectivity index (χ2v) is 5.97. The Kier molecular flexibility index (Phi) is 5.79. The van der Waals surface area contributed by atoms with E-state index in [4.69, 9.17) is 0 Å². The molecule has 0 spiro atoms. The number of aliphatic hydroxyl groups is 1. The minimum atomic E-state index is -0.577. The van der Waals surface area contributed by atoms with Crippen LogP contribution in [0.1, 0.15) is 58.2 Å². The quantitative estimate of drug-likeness (QED) is 0.721. The molecule has 0 saturated heterocycles. The minimum Gasteiger partial charge on any atom is -0.388 e. The molecule has 0 amide bonds. The first-order valence-electron chi connectivity index (χ1n) is 8.23. The van der Waals surface area contributed by atoms with Crippen LogP contribution in [0.3, 0.4) is 0 Å². The fourth-order valence-electron chi connectivity index (χ4n) is 2.73. The molecular formula is C16H28N4O. The van der Waals surface area contributed by atoms with E-state index in [1.807, 2.05) is 6.07 Å². The number of hydrogen-bond acceptors (Lipinski definition) is 5. The van der Waals surface area contributed by atoms with E-state index in [0.29, 0.717) is 6.54 Å². The Balaban J connectivity index is 2.00. The van der Waals surface area contributed by atoms with Crippen LogP contribution in [-0.4, -0.2) is 33.8 Å². The van der Waals surface area contributed by atoms with Crippen molar-refractivity contribution in [3.63, 3.8) is 0 Å². The van der Waals surface area contributed by atoms with Crippen LogP contribution in [0.15, 0.2) is 6.07 Å². The molecule has 0 atom stereocenters. The topological polar surface area (TPSA) is 70.1 Å². The van der Waals surface area contributed by atoms with Crippen LogP contribution in [0.5, 0.6) is 0 Å². The van der Waals surface area contributed by atoms with Crippen molar-refractivity contribution in [3.8, 4) is 0 Å². The molecule has 1 aromatic rings. The average Bonchev–Trinajstić information content (AvgIpc) is 2.51. The van der Waals surface area contributed by atoms with E-state index in [0.717, 1.165) is 62.5 Å². The molecule has 0 radical (unpaired) electrons. The van der Waals surface area contributed by atoms with Gasteiger partial charge in [-0.05, 0) is 19.3 Å². The largest absolute Gasteiger partial charge is 0.388 e. The van der Waals surface area contributed by atoms with Gasteiger partial charge < -0.3 is 15.7 Å². The highest BCUT2D eigenvalue weighted by molar-refractivity contribution is 5.47. The molecular weight excluding hydrogens is 264 g/mol. The second-order valence-electron chi connectivity index (χ2n) is 5.97. The number of nitrogens with zero attached hydrogens (tertiary/aromatic N) is 2. The van der Waals surface area contributed by atoms with Crippen LogP contribution in [0.25, 0.3) is 0 Å². The number of anilines is 2. The van der Waals surface area contributed by atoms with Crippen molar-refractivity contribution in [1.82, 2.24) is 9.97 Å². The van der Waals surface area contributed by atoms with Gasteiger partial charge in [0.05, 0.1) is 5.60 Å². The maximum atomic E-state index is 10.5. The summed E-state index contributed by atoms with van der Waals surface area (Å²) in [7, 11) is 0. The maximum Gasteiger partial charge on any atom is 0.132 e. The standard InChI is InChI=1S/C16H28N4O/c1-3-10-17-14-11-15(20-13(4-2)19-14)18-12-16(21)8-6-5-7-9-16/h11,21H,3-10,12H2,1-2H3,(H2,17,18,19,20). The lowest BCUT2D eigenvalue weighted by Crippen LogP contribution is -2.39. The summed E-state index contributed by atoms with van der Waals surface area (Å²) in [6, 6.07) is 1.93. The van der Waals surface area contributed by atoms with Gasteiger partial charge >= 0.3 is 0 Å². The van der Waals surface area contributed by atoms with Crippen molar-refractivity contribution in [1.29, 1.82) is 0 Å². The van der Waals surface area contributed by atoms with Gasteiger partial charge in [0.2, 0.25) is 0 Å². The van der Waals surface area contributed by atoms with Crippen molar-refractivity contribution in [2.75, 3.05) is 23.7 Å². The van der Waals surface area contributed by atoms with Crippen molar-refractivity contribution in [2.45, 2.75) is 64.4 Å². The van der Waals surface area contributed by atoms with Gasteiger partial charge in [-0.1, -0.05) is 33.1 Å². The molecule has 5 nitrogen and oxygen atoms in total. The molecule has 0 unspecified atom stereocenters. The third-order valence-electron chi connectivity index (χ3n) is 4.03. The van der Waals surface area contributed by atoms with Crippen molar-refractivity contribution in [3.05, 3.63) is 11.9 Å². The molecule has 0 aromatic carbocycles. The SMILES string of the molecule is CCCNc1cc(NCC2(O)CCCCC2)nc(CC)n1. The third kappa shape index (κ3) is 4.84. The average molecular weight is 292 g/mol. The molecule has 1 aliphatic carbocycles. The highest BCUT2D eigenvalue weighted by Crippen LogP contribution is 2.28. The van der Waals surface area contributed by atoms with Gasteiger partial charge in [0.1, 0.15) is 17.5 Å². The summed E-state index contributed by atoms with van der Waals surface area (Å²) in [4.78, 5) is 8.98. The molecule has 0 bridgehead atoms. The summed E-state index contributed by atoms with van der Waals surface area (Å²) in [5.41, 5.74) is -0.577. The molecule has 0 aliphatic heterocycles. The Hall–Kier alpha value is -1.36. The predicted octanol–water partition coefficient (Wildman–Crippen LogP) is 2.97. The Labute approximate surface area is 127 Å². The van der Waals surface area contributed by atoms with E-state index >= 15 is 0 Å². The zero-order valence-electron chi connectivity index (χ0n) is 13.3. The van der Waals surface area contributed by atoms with Crippen molar-refractivity contribution >= 4 is 11.6 Å². The Morgan fingerprint density at radius 3 is 2.38 bits per heavy atom. The Morgan fingerprint density at radius 2 is 1.76 bits per heavy atom. The normalized spacial score (nSPS) is 17.5.